The van der Waals surface area contributed by atoms with Crippen molar-refractivity contribution in [3.05, 3.63) is 68.2 Å². The second-order valence-corrected chi connectivity index (χ2v) is 4.89. The summed E-state index contributed by atoms with van der Waals surface area (Å²) in [6, 6.07) is 6.17. The quantitative estimate of drug-likeness (QED) is 0.669. The van der Waals surface area contributed by atoms with Crippen LogP contribution in [0.3, 0.4) is 0 Å². The molecule has 1 amide bonds. The molecule has 5 nitrogen and oxygen atoms in total. The summed E-state index contributed by atoms with van der Waals surface area (Å²) in [7, 11) is 0. The van der Waals surface area contributed by atoms with Crippen molar-refractivity contribution in [1.82, 2.24) is 0 Å². The molecule has 0 unspecified atom stereocenters. The lowest BCUT2D eigenvalue weighted by atomic mass is 10.2. The fraction of sp³-hybridized carbons (Fsp3) is 0. The number of halogens is 3. The third kappa shape index (κ3) is 3.60. The zero-order valence-electron chi connectivity index (χ0n) is 10.3. The Kier molecular flexibility index (Phi) is 4.27. The topological polar surface area (TPSA) is 72.2 Å². The standard InChI is InChI=1S/C13H7BrF2N2O3/c14-12-2-1-7(15)5-11(12)13(19)17-9-3-8(16)4-10(6-9)18(20)21/h1-6H,(H,17,19). The summed E-state index contributed by atoms with van der Waals surface area (Å²) in [5.41, 5.74) is -0.603. The number of anilines is 1. The second kappa shape index (κ2) is 5.96. The Labute approximate surface area is 125 Å². The molecule has 0 radical (unpaired) electrons. The number of non-ortho nitro benzene ring substituents is 1. The molecule has 0 saturated heterocycles. The molecular weight excluding hydrogens is 350 g/mol. The van der Waals surface area contributed by atoms with Gasteiger partial charge in [-0.05, 0) is 40.2 Å². The molecule has 0 saturated carbocycles. The van der Waals surface area contributed by atoms with E-state index in [1.54, 1.807) is 0 Å². The molecule has 0 aliphatic carbocycles. The number of carbonyl (C=O) groups excluding carboxylic acids is 1. The Balaban J connectivity index is 2.31. The van der Waals surface area contributed by atoms with Gasteiger partial charge in [-0.15, -0.1) is 0 Å². The summed E-state index contributed by atoms with van der Waals surface area (Å²) >= 11 is 3.09. The Morgan fingerprint density at radius 2 is 1.86 bits per heavy atom. The normalized spacial score (nSPS) is 10.2. The van der Waals surface area contributed by atoms with Gasteiger partial charge in [0, 0.05) is 10.5 Å². The van der Waals surface area contributed by atoms with Crippen molar-refractivity contribution < 1.29 is 18.5 Å². The molecule has 2 rings (SSSR count). The highest BCUT2D eigenvalue weighted by atomic mass is 79.9. The first-order valence-corrected chi connectivity index (χ1v) is 6.37. The SMILES string of the molecule is O=C(Nc1cc(F)cc([N+](=O)[O-])c1)c1cc(F)ccc1Br. The molecule has 0 heterocycles. The number of amides is 1. The van der Waals surface area contributed by atoms with Gasteiger partial charge in [-0.2, -0.15) is 0 Å². The minimum Gasteiger partial charge on any atom is -0.322 e. The van der Waals surface area contributed by atoms with Gasteiger partial charge in [-0.3, -0.25) is 14.9 Å². The van der Waals surface area contributed by atoms with E-state index in [0.29, 0.717) is 4.47 Å². The number of nitrogens with one attached hydrogen (secondary N) is 1. The van der Waals surface area contributed by atoms with Crippen molar-refractivity contribution >= 4 is 33.2 Å². The lowest BCUT2D eigenvalue weighted by Gasteiger charge is -2.07. The van der Waals surface area contributed by atoms with Crippen LogP contribution in [0.2, 0.25) is 0 Å². The smallest absolute Gasteiger partial charge is 0.274 e. The molecule has 8 heteroatoms. The first-order chi connectivity index (χ1) is 9.86. The number of nitro benzene ring substituents is 1. The minimum atomic E-state index is -0.863. The molecule has 21 heavy (non-hydrogen) atoms. The van der Waals surface area contributed by atoms with Crippen LogP contribution in [0.25, 0.3) is 0 Å². The van der Waals surface area contributed by atoms with Crippen molar-refractivity contribution in [3.8, 4) is 0 Å². The molecule has 2 aromatic rings. The molecule has 0 aliphatic heterocycles. The predicted octanol–water partition coefficient (Wildman–Crippen LogP) is 3.89. The van der Waals surface area contributed by atoms with Gasteiger partial charge in [0.25, 0.3) is 11.6 Å². The highest BCUT2D eigenvalue weighted by Crippen LogP contribution is 2.23. The van der Waals surface area contributed by atoms with E-state index in [0.717, 1.165) is 30.3 Å². The molecule has 0 aromatic heterocycles. The molecule has 0 atom stereocenters. The number of nitro groups is 1. The first kappa shape index (κ1) is 15.0. The minimum absolute atomic E-state index is 0.0121. The number of benzene rings is 2. The van der Waals surface area contributed by atoms with Crippen LogP contribution in [0.5, 0.6) is 0 Å². The largest absolute Gasteiger partial charge is 0.322 e. The van der Waals surface area contributed by atoms with Crippen molar-refractivity contribution in [2.45, 2.75) is 0 Å². The fourth-order valence-electron chi connectivity index (χ4n) is 1.62. The summed E-state index contributed by atoms with van der Waals surface area (Å²) in [6.07, 6.45) is 0. The number of hydrogen-bond acceptors (Lipinski definition) is 3. The Bertz CT molecular complexity index is 737. The van der Waals surface area contributed by atoms with E-state index in [-0.39, 0.29) is 11.3 Å². The van der Waals surface area contributed by atoms with Gasteiger partial charge in [0.1, 0.15) is 11.6 Å². The van der Waals surface area contributed by atoms with E-state index in [2.05, 4.69) is 21.2 Å². The van der Waals surface area contributed by atoms with Crippen LogP contribution < -0.4 is 5.32 Å². The summed E-state index contributed by atoms with van der Waals surface area (Å²) < 4.78 is 26.7. The molecule has 108 valence electrons. The predicted molar refractivity (Wildman–Crippen MR) is 75.1 cm³/mol. The van der Waals surface area contributed by atoms with Gasteiger partial charge < -0.3 is 5.32 Å². The fourth-order valence-corrected chi connectivity index (χ4v) is 2.05. The van der Waals surface area contributed by atoms with Crippen LogP contribution in [-0.4, -0.2) is 10.8 Å². The van der Waals surface area contributed by atoms with E-state index in [9.17, 15) is 23.7 Å². The molecule has 0 spiro atoms. The van der Waals surface area contributed by atoms with E-state index in [1.165, 1.54) is 6.07 Å². The second-order valence-electron chi connectivity index (χ2n) is 4.03. The zero-order chi connectivity index (χ0) is 15.6. The van der Waals surface area contributed by atoms with Crippen LogP contribution in [-0.2, 0) is 0 Å². The number of hydrogen-bond donors (Lipinski definition) is 1. The number of nitrogens with zero attached hydrogens (tertiary/aromatic N) is 1. The van der Waals surface area contributed by atoms with Gasteiger partial charge in [0.15, 0.2) is 0 Å². The molecule has 0 fully saturated rings. The monoisotopic (exact) mass is 356 g/mol. The first-order valence-electron chi connectivity index (χ1n) is 5.58. The lowest BCUT2D eigenvalue weighted by Crippen LogP contribution is -2.13. The van der Waals surface area contributed by atoms with Gasteiger partial charge in [-0.25, -0.2) is 8.78 Å². The van der Waals surface area contributed by atoms with Gasteiger partial charge in [-0.1, -0.05) is 0 Å². The maximum absolute atomic E-state index is 13.3. The summed E-state index contributed by atoms with van der Waals surface area (Å²) in [6.45, 7) is 0. The number of rotatable bonds is 3. The highest BCUT2D eigenvalue weighted by Gasteiger charge is 2.15. The molecule has 2 aromatic carbocycles. The van der Waals surface area contributed by atoms with Gasteiger partial charge in [0.05, 0.1) is 22.2 Å². The maximum Gasteiger partial charge on any atom is 0.274 e. The van der Waals surface area contributed by atoms with Crippen LogP contribution in [0.4, 0.5) is 20.2 Å². The average molecular weight is 357 g/mol. The van der Waals surface area contributed by atoms with Crippen molar-refractivity contribution in [1.29, 1.82) is 0 Å². The highest BCUT2D eigenvalue weighted by molar-refractivity contribution is 9.10. The Morgan fingerprint density at radius 1 is 1.14 bits per heavy atom. The average Bonchev–Trinajstić information content (AvgIpc) is 2.40. The zero-order valence-corrected chi connectivity index (χ0v) is 11.9. The van der Waals surface area contributed by atoms with Crippen LogP contribution >= 0.6 is 15.9 Å². The van der Waals surface area contributed by atoms with Crippen molar-refractivity contribution in [3.63, 3.8) is 0 Å². The van der Waals surface area contributed by atoms with E-state index < -0.39 is 28.2 Å². The summed E-state index contributed by atoms with van der Waals surface area (Å²) in [5, 5.41) is 12.9. The number of carbonyl (C=O) groups is 1. The molecule has 1 N–H and O–H groups in total. The van der Waals surface area contributed by atoms with E-state index in [1.807, 2.05) is 0 Å². The van der Waals surface area contributed by atoms with E-state index in [4.69, 9.17) is 0 Å². The third-order valence-electron chi connectivity index (χ3n) is 2.52. The Morgan fingerprint density at radius 3 is 2.52 bits per heavy atom. The molecule has 0 bridgehead atoms. The van der Waals surface area contributed by atoms with Crippen LogP contribution in [0, 0.1) is 21.7 Å². The Hall–Kier alpha value is -2.35. The summed E-state index contributed by atoms with van der Waals surface area (Å²) in [4.78, 5) is 21.8. The maximum atomic E-state index is 13.3. The molecule has 0 aliphatic rings. The van der Waals surface area contributed by atoms with Crippen LogP contribution in [0.1, 0.15) is 10.4 Å². The van der Waals surface area contributed by atoms with E-state index >= 15 is 0 Å². The van der Waals surface area contributed by atoms with Crippen LogP contribution in [0.15, 0.2) is 40.9 Å². The van der Waals surface area contributed by atoms with Crippen molar-refractivity contribution in [2.75, 3.05) is 5.32 Å². The summed E-state index contributed by atoms with van der Waals surface area (Å²) in [5.74, 6) is -2.20. The molecular formula is C13H7BrF2N2O3. The van der Waals surface area contributed by atoms with Gasteiger partial charge >= 0.3 is 0 Å². The third-order valence-corrected chi connectivity index (χ3v) is 3.22. The lowest BCUT2D eigenvalue weighted by molar-refractivity contribution is -0.385. The van der Waals surface area contributed by atoms with Crippen molar-refractivity contribution in [2.24, 2.45) is 0 Å². The van der Waals surface area contributed by atoms with Gasteiger partial charge in [0.2, 0.25) is 0 Å².